The molecule has 7 nitrogen and oxygen atoms in total. The first-order valence-electron chi connectivity index (χ1n) is 7.63. The van der Waals surface area contributed by atoms with E-state index < -0.39 is 17.7 Å². The molecule has 0 bridgehead atoms. The Labute approximate surface area is 150 Å². The van der Waals surface area contributed by atoms with Gasteiger partial charge < -0.3 is 15.2 Å². The van der Waals surface area contributed by atoms with Gasteiger partial charge in [0.1, 0.15) is 10.6 Å². The molecule has 0 unspecified atom stereocenters. The van der Waals surface area contributed by atoms with Gasteiger partial charge in [0, 0.05) is 12.1 Å². The molecule has 0 aliphatic heterocycles. The number of aromatic amines is 1. The number of benzene rings is 1. The summed E-state index contributed by atoms with van der Waals surface area (Å²) in [5.41, 5.74) is 1.57. The maximum absolute atomic E-state index is 11.8. The van der Waals surface area contributed by atoms with E-state index in [2.05, 4.69) is 15.5 Å². The van der Waals surface area contributed by atoms with Gasteiger partial charge in [0.25, 0.3) is 0 Å². The minimum absolute atomic E-state index is 0.0431. The van der Waals surface area contributed by atoms with Crippen molar-refractivity contribution in [2.24, 2.45) is 0 Å². The molecule has 1 aromatic heterocycles. The van der Waals surface area contributed by atoms with Crippen LogP contribution in [0.15, 0.2) is 29.3 Å². The first kappa shape index (κ1) is 18.9. The molecule has 0 saturated carbocycles. The topological polar surface area (TPSA) is 104 Å². The maximum Gasteiger partial charge on any atom is 0.407 e. The number of ether oxygens (including phenoxy) is 1. The monoisotopic (exact) mass is 363 g/mol. The second kappa shape index (κ2) is 7.60. The molecule has 0 aliphatic rings. The summed E-state index contributed by atoms with van der Waals surface area (Å²) in [7, 11) is 0. The Balaban J connectivity index is 2.21. The van der Waals surface area contributed by atoms with Crippen molar-refractivity contribution in [1.82, 2.24) is 15.5 Å². The van der Waals surface area contributed by atoms with Gasteiger partial charge in [-0.05, 0) is 44.2 Å². The molecule has 0 aliphatic carbocycles. The molecule has 0 radical (unpaired) electrons. The summed E-state index contributed by atoms with van der Waals surface area (Å²) in [6.07, 6.45) is 1.33. The predicted molar refractivity (Wildman–Crippen MR) is 95.8 cm³/mol. The summed E-state index contributed by atoms with van der Waals surface area (Å²) >= 11 is 1.36. The van der Waals surface area contributed by atoms with Crippen LogP contribution in [0.1, 0.15) is 36.8 Å². The van der Waals surface area contributed by atoms with Gasteiger partial charge in [-0.3, -0.25) is 5.10 Å². The number of H-pyrrole nitrogens is 1. The van der Waals surface area contributed by atoms with Gasteiger partial charge in [0.05, 0.1) is 0 Å². The minimum atomic E-state index is -1.07. The fourth-order valence-corrected chi connectivity index (χ4v) is 2.78. The second-order valence-corrected chi connectivity index (χ2v) is 7.14. The average Bonchev–Trinajstić information content (AvgIpc) is 2.96. The number of aromatic carboxylic acids is 1. The van der Waals surface area contributed by atoms with E-state index >= 15 is 0 Å². The van der Waals surface area contributed by atoms with E-state index in [9.17, 15) is 14.7 Å². The molecule has 1 aromatic carbocycles. The van der Waals surface area contributed by atoms with Crippen LogP contribution in [0.3, 0.4) is 0 Å². The molecule has 1 amide bonds. The summed E-state index contributed by atoms with van der Waals surface area (Å²) in [6.45, 7) is 5.66. The van der Waals surface area contributed by atoms with E-state index in [1.807, 2.05) is 30.5 Å². The molecule has 2 aromatic rings. The van der Waals surface area contributed by atoms with E-state index in [1.54, 1.807) is 20.8 Å². The Hall–Kier alpha value is -2.48. The molecule has 0 atom stereocenters. The van der Waals surface area contributed by atoms with Crippen molar-refractivity contribution in [3.8, 4) is 11.1 Å². The first-order chi connectivity index (χ1) is 11.7. The van der Waals surface area contributed by atoms with Crippen LogP contribution in [0.4, 0.5) is 4.79 Å². The molecule has 134 valence electrons. The summed E-state index contributed by atoms with van der Waals surface area (Å²) in [5, 5.41) is 19.2. The molecule has 0 saturated heterocycles. The average molecular weight is 363 g/mol. The highest BCUT2D eigenvalue weighted by Gasteiger charge is 2.20. The maximum atomic E-state index is 11.8. The van der Waals surface area contributed by atoms with Gasteiger partial charge in [-0.15, -0.1) is 11.8 Å². The van der Waals surface area contributed by atoms with Crippen LogP contribution in [0.5, 0.6) is 0 Å². The van der Waals surface area contributed by atoms with Crippen LogP contribution >= 0.6 is 11.8 Å². The highest BCUT2D eigenvalue weighted by molar-refractivity contribution is 7.98. The zero-order valence-electron chi connectivity index (χ0n) is 14.5. The van der Waals surface area contributed by atoms with E-state index in [0.29, 0.717) is 10.6 Å². The Morgan fingerprint density at radius 1 is 1.36 bits per heavy atom. The van der Waals surface area contributed by atoms with E-state index in [-0.39, 0.29) is 12.2 Å². The number of nitrogens with one attached hydrogen (secondary N) is 2. The summed E-state index contributed by atoms with van der Waals surface area (Å²) in [6, 6.07) is 7.30. The lowest BCUT2D eigenvalue weighted by atomic mass is 10.0. The number of thioether (sulfide) groups is 1. The predicted octanol–water partition coefficient (Wildman–Crippen LogP) is 3.52. The normalized spacial score (nSPS) is 11.2. The SMILES string of the molecule is CSc1n[nH]c(C(=O)O)c1-c1cccc(CNC(=O)OC(C)(C)C)c1. The fraction of sp³-hybridized carbons (Fsp3) is 0.353. The van der Waals surface area contributed by atoms with Gasteiger partial charge in [0.2, 0.25) is 0 Å². The van der Waals surface area contributed by atoms with Crippen LogP contribution in [-0.4, -0.2) is 39.2 Å². The van der Waals surface area contributed by atoms with Crippen LogP contribution in [0.2, 0.25) is 0 Å². The van der Waals surface area contributed by atoms with Crippen molar-refractivity contribution in [3.05, 3.63) is 35.5 Å². The third kappa shape index (κ3) is 4.99. The zero-order valence-corrected chi connectivity index (χ0v) is 15.4. The Bertz CT molecular complexity index is 780. The highest BCUT2D eigenvalue weighted by Crippen LogP contribution is 2.32. The van der Waals surface area contributed by atoms with Gasteiger partial charge in [-0.2, -0.15) is 5.10 Å². The lowest BCUT2D eigenvalue weighted by Gasteiger charge is -2.19. The van der Waals surface area contributed by atoms with Gasteiger partial charge in [-0.1, -0.05) is 18.2 Å². The summed E-state index contributed by atoms with van der Waals surface area (Å²) < 4.78 is 5.20. The van der Waals surface area contributed by atoms with Crippen LogP contribution in [0, 0.1) is 0 Å². The van der Waals surface area contributed by atoms with Crippen LogP contribution < -0.4 is 5.32 Å². The first-order valence-corrected chi connectivity index (χ1v) is 8.85. The number of hydrogen-bond donors (Lipinski definition) is 3. The number of aromatic nitrogens is 2. The summed E-state index contributed by atoms with van der Waals surface area (Å²) in [4.78, 5) is 23.2. The van der Waals surface area contributed by atoms with E-state index in [1.165, 1.54) is 11.8 Å². The van der Waals surface area contributed by atoms with Crippen LogP contribution in [-0.2, 0) is 11.3 Å². The molecule has 8 heteroatoms. The van der Waals surface area contributed by atoms with Crippen molar-refractivity contribution in [1.29, 1.82) is 0 Å². The lowest BCUT2D eigenvalue weighted by molar-refractivity contribution is 0.0523. The van der Waals surface area contributed by atoms with Crippen molar-refractivity contribution in [3.63, 3.8) is 0 Å². The number of hydrogen-bond acceptors (Lipinski definition) is 5. The van der Waals surface area contributed by atoms with Crippen LogP contribution in [0.25, 0.3) is 11.1 Å². The second-order valence-electron chi connectivity index (χ2n) is 6.34. The minimum Gasteiger partial charge on any atom is -0.477 e. The number of carboxylic acid groups (broad SMARTS) is 1. The molecular weight excluding hydrogens is 342 g/mol. The molecule has 0 spiro atoms. The molecular formula is C17H21N3O4S. The smallest absolute Gasteiger partial charge is 0.407 e. The number of carbonyl (C=O) groups excluding carboxylic acids is 1. The van der Waals surface area contributed by atoms with Crippen molar-refractivity contribution >= 4 is 23.8 Å². The van der Waals surface area contributed by atoms with Gasteiger partial charge in [-0.25, -0.2) is 9.59 Å². The molecule has 2 rings (SSSR count). The zero-order chi connectivity index (χ0) is 18.6. The number of carbonyl (C=O) groups is 2. The Morgan fingerprint density at radius 3 is 2.68 bits per heavy atom. The largest absolute Gasteiger partial charge is 0.477 e. The summed E-state index contributed by atoms with van der Waals surface area (Å²) in [5.74, 6) is -1.07. The standard InChI is InChI=1S/C17H21N3O4S/c1-17(2,3)24-16(23)18-9-10-6-5-7-11(8-10)12-13(15(21)22)19-20-14(12)25-4/h5-8H,9H2,1-4H3,(H,18,23)(H,19,20)(H,21,22). The molecule has 1 heterocycles. The number of amides is 1. The fourth-order valence-electron chi connectivity index (χ4n) is 2.22. The Morgan fingerprint density at radius 2 is 2.08 bits per heavy atom. The van der Waals surface area contributed by atoms with E-state index in [4.69, 9.17) is 4.74 Å². The third-order valence-corrected chi connectivity index (χ3v) is 3.87. The molecule has 3 N–H and O–H groups in total. The highest BCUT2D eigenvalue weighted by atomic mass is 32.2. The van der Waals surface area contributed by atoms with Crippen molar-refractivity contribution in [2.75, 3.05) is 6.26 Å². The van der Waals surface area contributed by atoms with Gasteiger partial charge >= 0.3 is 12.1 Å². The van der Waals surface area contributed by atoms with Gasteiger partial charge in [0.15, 0.2) is 5.69 Å². The number of rotatable bonds is 5. The molecule has 25 heavy (non-hydrogen) atoms. The molecule has 0 fully saturated rings. The Kier molecular flexibility index (Phi) is 5.73. The third-order valence-electron chi connectivity index (χ3n) is 3.19. The number of carboxylic acids is 1. The number of nitrogens with zero attached hydrogens (tertiary/aromatic N) is 1. The van der Waals surface area contributed by atoms with E-state index in [0.717, 1.165) is 11.1 Å². The van der Waals surface area contributed by atoms with Crippen molar-refractivity contribution in [2.45, 2.75) is 37.9 Å². The quantitative estimate of drug-likeness (QED) is 0.702. The lowest BCUT2D eigenvalue weighted by Crippen LogP contribution is -2.32. The number of alkyl carbamates (subject to hydrolysis) is 1. The van der Waals surface area contributed by atoms with Crippen molar-refractivity contribution < 1.29 is 19.4 Å².